The summed E-state index contributed by atoms with van der Waals surface area (Å²) in [7, 11) is 3.06. The van der Waals surface area contributed by atoms with E-state index in [1.165, 1.54) is 13.3 Å². The Hall–Kier alpha value is -2.73. The van der Waals surface area contributed by atoms with Crippen molar-refractivity contribution in [2.75, 3.05) is 14.2 Å². The van der Waals surface area contributed by atoms with Crippen LogP contribution in [0.2, 0.25) is 5.02 Å². The number of carbonyl (C=O) groups is 1. The first-order valence-electron chi connectivity index (χ1n) is 8.91. The summed E-state index contributed by atoms with van der Waals surface area (Å²) in [4.78, 5) is 12.3. The lowest BCUT2D eigenvalue weighted by molar-refractivity contribution is 0.0952. The first-order chi connectivity index (χ1) is 13.4. The van der Waals surface area contributed by atoms with Crippen LogP contribution < -0.4 is 19.6 Å². The van der Waals surface area contributed by atoms with Crippen molar-refractivity contribution in [3.05, 3.63) is 52.0 Å². The second kappa shape index (κ2) is 9.99. The minimum atomic E-state index is -0.372. The van der Waals surface area contributed by atoms with Crippen LogP contribution in [0.1, 0.15) is 41.8 Å². The minimum absolute atomic E-state index is 0.00898. The summed E-state index contributed by atoms with van der Waals surface area (Å²) in [5.74, 6) is 1.11. The third-order valence-corrected chi connectivity index (χ3v) is 4.41. The van der Waals surface area contributed by atoms with Crippen LogP contribution in [0.3, 0.4) is 0 Å². The van der Waals surface area contributed by atoms with E-state index in [1.807, 2.05) is 26.8 Å². The number of hydrogen-bond acceptors (Lipinski definition) is 5. The number of amides is 1. The van der Waals surface area contributed by atoms with Crippen molar-refractivity contribution >= 4 is 23.7 Å². The van der Waals surface area contributed by atoms with Crippen LogP contribution in [0.15, 0.2) is 35.4 Å². The number of aryl methyl sites for hydroxylation is 1. The molecule has 1 amide bonds. The first kappa shape index (κ1) is 21.6. The molecule has 0 saturated carbocycles. The Morgan fingerprint density at radius 1 is 1.21 bits per heavy atom. The molecule has 0 aromatic heterocycles. The van der Waals surface area contributed by atoms with E-state index in [1.54, 1.807) is 31.4 Å². The zero-order chi connectivity index (χ0) is 20.7. The molecule has 2 rings (SSSR count). The maximum atomic E-state index is 12.3. The third kappa shape index (κ3) is 5.39. The Morgan fingerprint density at radius 2 is 1.93 bits per heavy atom. The SMILES string of the molecule is CC[C@H](C)Oc1c(Cl)cc(/C=N\NC(=O)c2ccc(C)cc2OC)cc1OC. The molecule has 7 heteroatoms. The lowest BCUT2D eigenvalue weighted by atomic mass is 10.1. The average molecular weight is 405 g/mol. The van der Waals surface area contributed by atoms with Gasteiger partial charge in [0.15, 0.2) is 11.5 Å². The molecule has 2 aromatic rings. The van der Waals surface area contributed by atoms with Gasteiger partial charge in [0.25, 0.3) is 5.91 Å². The monoisotopic (exact) mass is 404 g/mol. The molecule has 6 nitrogen and oxygen atoms in total. The maximum absolute atomic E-state index is 12.3. The van der Waals surface area contributed by atoms with Crippen LogP contribution in [0.4, 0.5) is 0 Å². The highest BCUT2D eigenvalue weighted by Gasteiger charge is 2.14. The summed E-state index contributed by atoms with van der Waals surface area (Å²) in [5.41, 5.74) is 4.55. The molecule has 1 N–H and O–H groups in total. The molecule has 1 atom stereocenters. The number of carbonyl (C=O) groups excluding carboxylic acids is 1. The van der Waals surface area contributed by atoms with Crippen molar-refractivity contribution in [2.45, 2.75) is 33.3 Å². The average Bonchev–Trinajstić information content (AvgIpc) is 2.69. The molecule has 0 radical (unpaired) electrons. The molecule has 0 fully saturated rings. The van der Waals surface area contributed by atoms with Gasteiger partial charge in [-0.15, -0.1) is 0 Å². The standard InChI is InChI=1S/C21H25ClN2O4/c1-6-14(3)28-20-17(22)10-15(11-19(20)27-5)12-23-24-21(25)16-8-7-13(2)9-18(16)26-4/h7-12,14H,6H2,1-5H3,(H,24,25)/b23-12-/t14-/m0/s1. The van der Waals surface area contributed by atoms with Crippen molar-refractivity contribution in [2.24, 2.45) is 5.10 Å². The summed E-state index contributed by atoms with van der Waals surface area (Å²) in [6.07, 6.45) is 2.34. The van der Waals surface area contributed by atoms with E-state index >= 15 is 0 Å². The van der Waals surface area contributed by atoms with Gasteiger partial charge in [-0.05, 0) is 55.7 Å². The van der Waals surface area contributed by atoms with E-state index in [0.29, 0.717) is 33.4 Å². The smallest absolute Gasteiger partial charge is 0.275 e. The van der Waals surface area contributed by atoms with Crippen LogP contribution in [-0.4, -0.2) is 32.4 Å². The fourth-order valence-corrected chi connectivity index (χ4v) is 2.69. The Labute approximate surface area is 170 Å². The first-order valence-corrected chi connectivity index (χ1v) is 9.29. The van der Waals surface area contributed by atoms with E-state index in [2.05, 4.69) is 10.5 Å². The lowest BCUT2D eigenvalue weighted by Crippen LogP contribution is -2.18. The van der Waals surface area contributed by atoms with Crippen LogP contribution in [0.25, 0.3) is 0 Å². The van der Waals surface area contributed by atoms with Crippen LogP contribution >= 0.6 is 11.6 Å². The number of nitrogens with zero attached hydrogens (tertiary/aromatic N) is 1. The van der Waals surface area contributed by atoms with E-state index in [9.17, 15) is 4.79 Å². The second-order valence-corrected chi connectivity index (χ2v) is 6.68. The molecule has 28 heavy (non-hydrogen) atoms. The fourth-order valence-electron chi connectivity index (χ4n) is 2.42. The molecular weight excluding hydrogens is 380 g/mol. The van der Waals surface area contributed by atoms with Crippen molar-refractivity contribution in [1.82, 2.24) is 5.43 Å². The Balaban J connectivity index is 2.16. The van der Waals surface area contributed by atoms with E-state index in [-0.39, 0.29) is 12.0 Å². The van der Waals surface area contributed by atoms with Gasteiger partial charge in [-0.1, -0.05) is 24.6 Å². The number of methoxy groups -OCH3 is 2. The van der Waals surface area contributed by atoms with E-state index < -0.39 is 0 Å². The zero-order valence-electron chi connectivity index (χ0n) is 16.7. The van der Waals surface area contributed by atoms with Crippen LogP contribution in [0.5, 0.6) is 17.2 Å². The van der Waals surface area contributed by atoms with Gasteiger partial charge in [-0.25, -0.2) is 5.43 Å². The molecular formula is C21H25ClN2O4. The summed E-state index contributed by atoms with van der Waals surface area (Å²) in [6, 6.07) is 8.76. The largest absolute Gasteiger partial charge is 0.496 e. The van der Waals surface area contributed by atoms with Gasteiger partial charge in [0, 0.05) is 0 Å². The molecule has 0 heterocycles. The van der Waals surface area contributed by atoms with Crippen molar-refractivity contribution < 1.29 is 19.0 Å². The summed E-state index contributed by atoms with van der Waals surface area (Å²) in [5, 5.41) is 4.41. The van der Waals surface area contributed by atoms with Crippen molar-refractivity contribution in [3.8, 4) is 17.2 Å². The number of rotatable bonds is 8. The molecule has 2 aromatic carbocycles. The topological polar surface area (TPSA) is 69.2 Å². The summed E-state index contributed by atoms with van der Waals surface area (Å²) >= 11 is 6.34. The van der Waals surface area contributed by atoms with Gasteiger partial charge in [0.05, 0.1) is 37.1 Å². The summed E-state index contributed by atoms with van der Waals surface area (Å²) < 4.78 is 16.4. The molecule has 0 aliphatic carbocycles. The number of halogens is 1. The molecule has 0 bridgehead atoms. The van der Waals surface area contributed by atoms with Crippen LogP contribution in [0, 0.1) is 6.92 Å². The number of hydrazone groups is 1. The zero-order valence-corrected chi connectivity index (χ0v) is 17.5. The fraction of sp³-hybridized carbons (Fsp3) is 0.333. The predicted octanol–water partition coefficient (Wildman–Crippen LogP) is 4.61. The normalized spacial score (nSPS) is 11.9. The minimum Gasteiger partial charge on any atom is -0.496 e. The van der Waals surface area contributed by atoms with E-state index in [4.69, 9.17) is 25.8 Å². The number of hydrogen-bond donors (Lipinski definition) is 1. The molecule has 150 valence electrons. The highest BCUT2D eigenvalue weighted by molar-refractivity contribution is 6.32. The predicted molar refractivity (Wildman–Crippen MR) is 111 cm³/mol. The Morgan fingerprint density at radius 3 is 2.57 bits per heavy atom. The highest BCUT2D eigenvalue weighted by Crippen LogP contribution is 2.37. The Kier molecular flexibility index (Phi) is 7.70. The van der Waals surface area contributed by atoms with Crippen molar-refractivity contribution in [3.63, 3.8) is 0 Å². The van der Waals surface area contributed by atoms with E-state index in [0.717, 1.165) is 12.0 Å². The molecule has 0 aliphatic rings. The number of nitrogens with one attached hydrogen (secondary N) is 1. The van der Waals surface area contributed by atoms with Gasteiger partial charge in [0.2, 0.25) is 0 Å². The number of benzene rings is 2. The Bertz CT molecular complexity index is 868. The van der Waals surface area contributed by atoms with Crippen LogP contribution in [-0.2, 0) is 0 Å². The summed E-state index contributed by atoms with van der Waals surface area (Å²) in [6.45, 7) is 5.91. The van der Waals surface area contributed by atoms with Crippen molar-refractivity contribution in [1.29, 1.82) is 0 Å². The van der Waals surface area contributed by atoms with Gasteiger partial charge in [0.1, 0.15) is 5.75 Å². The lowest BCUT2D eigenvalue weighted by Gasteiger charge is -2.17. The highest BCUT2D eigenvalue weighted by atomic mass is 35.5. The molecule has 0 spiro atoms. The molecule has 0 saturated heterocycles. The van der Waals surface area contributed by atoms with Gasteiger partial charge in [-0.2, -0.15) is 5.10 Å². The third-order valence-electron chi connectivity index (χ3n) is 4.13. The van der Waals surface area contributed by atoms with Gasteiger partial charge in [-0.3, -0.25) is 4.79 Å². The molecule has 0 aliphatic heterocycles. The maximum Gasteiger partial charge on any atom is 0.275 e. The van der Waals surface area contributed by atoms with Gasteiger partial charge >= 0.3 is 0 Å². The quantitative estimate of drug-likeness (QED) is 0.515. The van der Waals surface area contributed by atoms with Gasteiger partial charge < -0.3 is 14.2 Å². The number of ether oxygens (including phenoxy) is 3. The second-order valence-electron chi connectivity index (χ2n) is 6.27. The molecule has 0 unspecified atom stereocenters.